The molecule has 2 unspecified atom stereocenters. The summed E-state index contributed by atoms with van der Waals surface area (Å²) in [5, 5.41) is 8.88. The fourth-order valence-electron chi connectivity index (χ4n) is 3.04. The normalized spacial score (nSPS) is 18.7. The minimum atomic E-state index is -1.01. The molecule has 4 nitrogen and oxygen atoms in total. The van der Waals surface area contributed by atoms with E-state index in [4.69, 9.17) is 5.11 Å². The summed E-state index contributed by atoms with van der Waals surface area (Å²) in [6.07, 6.45) is 0.430. The fourth-order valence-corrected chi connectivity index (χ4v) is 3.04. The van der Waals surface area contributed by atoms with E-state index < -0.39 is 29.4 Å². The number of carbonyl (C=O) groups is 2. The summed E-state index contributed by atoms with van der Waals surface area (Å²) in [5.74, 6) is -3.27. The number of rotatable bonds is 5. The molecule has 0 radical (unpaired) electrons. The highest BCUT2D eigenvalue weighted by molar-refractivity contribution is 5.87. The van der Waals surface area contributed by atoms with Crippen LogP contribution in [0, 0.1) is 17.6 Å². The Morgan fingerprint density at radius 3 is 2.28 bits per heavy atom. The summed E-state index contributed by atoms with van der Waals surface area (Å²) in [4.78, 5) is 24.8. The Labute approximate surface area is 143 Å². The van der Waals surface area contributed by atoms with Crippen LogP contribution >= 0.6 is 0 Å². The first-order valence-corrected chi connectivity index (χ1v) is 7.89. The van der Waals surface area contributed by atoms with Crippen molar-refractivity contribution in [3.05, 3.63) is 70.8 Å². The average molecular weight is 345 g/mol. The van der Waals surface area contributed by atoms with E-state index >= 15 is 0 Å². The average Bonchev–Trinajstić information content (AvgIpc) is 3.34. The molecule has 1 saturated carbocycles. The minimum absolute atomic E-state index is 0.0138. The third-order valence-electron chi connectivity index (χ3n) is 4.47. The van der Waals surface area contributed by atoms with Gasteiger partial charge in [0.1, 0.15) is 11.6 Å². The maximum absolute atomic E-state index is 13.8. The van der Waals surface area contributed by atoms with Crippen LogP contribution in [0.25, 0.3) is 0 Å². The second-order valence-electron chi connectivity index (χ2n) is 6.28. The van der Waals surface area contributed by atoms with Crippen LogP contribution in [-0.4, -0.2) is 28.9 Å². The Morgan fingerprint density at radius 1 is 1.12 bits per heavy atom. The van der Waals surface area contributed by atoms with Crippen molar-refractivity contribution in [2.45, 2.75) is 18.9 Å². The van der Waals surface area contributed by atoms with Gasteiger partial charge in [-0.2, -0.15) is 0 Å². The molecule has 6 heteroatoms. The topological polar surface area (TPSA) is 57.6 Å². The molecule has 2 aromatic carbocycles. The van der Waals surface area contributed by atoms with E-state index in [1.165, 1.54) is 35.2 Å². The zero-order valence-electron chi connectivity index (χ0n) is 13.6. The number of carboxylic acids is 1. The zero-order valence-corrected chi connectivity index (χ0v) is 13.6. The summed E-state index contributed by atoms with van der Waals surface area (Å²) in [6, 6.07) is 9.95. The Hall–Kier alpha value is -2.76. The minimum Gasteiger partial charge on any atom is -0.478 e. The van der Waals surface area contributed by atoms with Crippen LogP contribution in [0.4, 0.5) is 8.78 Å². The van der Waals surface area contributed by atoms with Crippen LogP contribution in [0.15, 0.2) is 42.5 Å². The van der Waals surface area contributed by atoms with Gasteiger partial charge in [-0.25, -0.2) is 13.6 Å². The molecule has 1 fully saturated rings. The zero-order chi connectivity index (χ0) is 18.1. The molecule has 1 N–H and O–H groups in total. The number of halogens is 2. The van der Waals surface area contributed by atoms with Crippen LogP contribution in [0.3, 0.4) is 0 Å². The first-order valence-electron chi connectivity index (χ1n) is 7.89. The highest BCUT2D eigenvalue weighted by atomic mass is 19.1. The van der Waals surface area contributed by atoms with Gasteiger partial charge in [0, 0.05) is 31.0 Å². The van der Waals surface area contributed by atoms with Crippen molar-refractivity contribution in [1.82, 2.24) is 4.90 Å². The molecule has 1 aliphatic rings. The predicted octanol–water partition coefficient (Wildman–Crippen LogP) is 3.43. The molecule has 0 spiro atoms. The number of carboxylic acid groups (broad SMARTS) is 1. The van der Waals surface area contributed by atoms with E-state index in [0.717, 1.165) is 5.56 Å². The lowest BCUT2D eigenvalue weighted by molar-refractivity contribution is -0.131. The monoisotopic (exact) mass is 345 g/mol. The van der Waals surface area contributed by atoms with Crippen molar-refractivity contribution in [2.24, 2.45) is 5.92 Å². The second-order valence-corrected chi connectivity index (χ2v) is 6.28. The van der Waals surface area contributed by atoms with E-state index in [-0.39, 0.29) is 17.0 Å². The second kappa shape index (κ2) is 6.63. The van der Waals surface area contributed by atoms with Gasteiger partial charge in [-0.3, -0.25) is 4.79 Å². The molecule has 2 aromatic rings. The highest BCUT2D eigenvalue weighted by Crippen LogP contribution is 2.50. The molecule has 0 bridgehead atoms. The van der Waals surface area contributed by atoms with Crippen LogP contribution in [-0.2, 0) is 11.3 Å². The number of benzene rings is 2. The van der Waals surface area contributed by atoms with Gasteiger partial charge in [-0.15, -0.1) is 0 Å². The maximum Gasteiger partial charge on any atom is 0.335 e. The van der Waals surface area contributed by atoms with Gasteiger partial charge in [0.05, 0.1) is 5.56 Å². The van der Waals surface area contributed by atoms with Crippen LogP contribution in [0.5, 0.6) is 0 Å². The van der Waals surface area contributed by atoms with E-state index in [2.05, 4.69) is 0 Å². The standard InChI is InChI=1S/C19H17F2NO3/c1-22(10-11-5-7-12(8-6-11)19(24)25)18(23)14-9-13(14)17-15(20)3-2-4-16(17)21/h2-8,13-14H,9-10H2,1H3,(H,24,25). The van der Waals surface area contributed by atoms with E-state index in [9.17, 15) is 18.4 Å². The molecule has 2 atom stereocenters. The summed E-state index contributed by atoms with van der Waals surface area (Å²) < 4.78 is 27.6. The summed E-state index contributed by atoms with van der Waals surface area (Å²) >= 11 is 0. The van der Waals surface area contributed by atoms with Gasteiger partial charge in [-0.05, 0) is 36.2 Å². The maximum atomic E-state index is 13.8. The summed E-state index contributed by atoms with van der Waals surface area (Å²) in [5.41, 5.74) is 0.949. The lowest BCUT2D eigenvalue weighted by Crippen LogP contribution is -2.28. The molecule has 0 aromatic heterocycles. The number of carbonyl (C=O) groups excluding carboxylic acids is 1. The predicted molar refractivity (Wildman–Crippen MR) is 87.1 cm³/mol. The third-order valence-corrected chi connectivity index (χ3v) is 4.47. The van der Waals surface area contributed by atoms with Crippen molar-refractivity contribution in [3.8, 4) is 0 Å². The molecule has 25 heavy (non-hydrogen) atoms. The number of nitrogens with zero attached hydrogens (tertiary/aromatic N) is 1. The Bertz CT molecular complexity index is 800. The molecule has 0 heterocycles. The summed E-state index contributed by atoms with van der Waals surface area (Å²) in [6.45, 7) is 0.307. The van der Waals surface area contributed by atoms with Gasteiger partial charge in [0.2, 0.25) is 5.91 Å². The third kappa shape index (κ3) is 3.52. The van der Waals surface area contributed by atoms with Crippen molar-refractivity contribution in [3.63, 3.8) is 0 Å². The van der Waals surface area contributed by atoms with Gasteiger partial charge < -0.3 is 10.0 Å². The molecule has 1 amide bonds. The summed E-state index contributed by atoms with van der Waals surface area (Å²) in [7, 11) is 1.63. The van der Waals surface area contributed by atoms with Crippen LogP contribution < -0.4 is 0 Å². The first kappa shape index (κ1) is 17.1. The molecular weight excluding hydrogens is 328 g/mol. The molecule has 1 aliphatic carbocycles. The van der Waals surface area contributed by atoms with Crippen molar-refractivity contribution < 1.29 is 23.5 Å². The highest BCUT2D eigenvalue weighted by Gasteiger charge is 2.47. The van der Waals surface area contributed by atoms with Crippen molar-refractivity contribution >= 4 is 11.9 Å². The fraction of sp³-hybridized carbons (Fsp3) is 0.263. The molecule has 3 rings (SSSR count). The largest absolute Gasteiger partial charge is 0.478 e. The smallest absolute Gasteiger partial charge is 0.335 e. The Kier molecular flexibility index (Phi) is 4.53. The molecule has 0 saturated heterocycles. The number of aromatic carboxylic acids is 1. The van der Waals surface area contributed by atoms with Gasteiger partial charge in [0.15, 0.2) is 0 Å². The molecule has 0 aliphatic heterocycles. The van der Waals surface area contributed by atoms with Gasteiger partial charge in [-0.1, -0.05) is 18.2 Å². The Balaban J connectivity index is 1.65. The number of amides is 1. The van der Waals surface area contributed by atoms with E-state index in [0.29, 0.717) is 13.0 Å². The molecule has 130 valence electrons. The number of hydrogen-bond acceptors (Lipinski definition) is 2. The van der Waals surface area contributed by atoms with E-state index in [1.807, 2.05) is 0 Å². The lowest BCUT2D eigenvalue weighted by Gasteiger charge is -2.17. The SMILES string of the molecule is CN(Cc1ccc(C(=O)O)cc1)C(=O)C1CC1c1c(F)cccc1F. The lowest BCUT2D eigenvalue weighted by atomic mass is 10.1. The first-order chi connectivity index (χ1) is 11.9. The molecular formula is C19H17F2NO3. The van der Waals surface area contributed by atoms with Crippen LogP contribution in [0.2, 0.25) is 0 Å². The number of hydrogen-bond donors (Lipinski definition) is 1. The van der Waals surface area contributed by atoms with Crippen LogP contribution in [0.1, 0.15) is 33.8 Å². The van der Waals surface area contributed by atoms with Gasteiger partial charge in [0.25, 0.3) is 0 Å². The van der Waals surface area contributed by atoms with Gasteiger partial charge >= 0.3 is 5.97 Å². The quantitative estimate of drug-likeness (QED) is 0.903. The Morgan fingerprint density at radius 2 is 1.72 bits per heavy atom. The van der Waals surface area contributed by atoms with Crippen molar-refractivity contribution in [2.75, 3.05) is 7.05 Å². The van der Waals surface area contributed by atoms with E-state index in [1.54, 1.807) is 19.2 Å². The van der Waals surface area contributed by atoms with Crippen molar-refractivity contribution in [1.29, 1.82) is 0 Å².